The summed E-state index contributed by atoms with van der Waals surface area (Å²) in [7, 11) is 0. The van der Waals surface area contributed by atoms with Crippen LogP contribution in [-0.2, 0) is 5.75 Å². The first-order valence-corrected chi connectivity index (χ1v) is 8.27. The molecular weight excluding hydrogens is 294 g/mol. The highest BCUT2D eigenvalue weighted by Crippen LogP contribution is 2.41. The van der Waals surface area contributed by atoms with Gasteiger partial charge in [0.25, 0.3) is 0 Å². The summed E-state index contributed by atoms with van der Waals surface area (Å²) >= 11 is 1.71. The van der Waals surface area contributed by atoms with Gasteiger partial charge >= 0.3 is 0 Å². The molecule has 0 N–H and O–H groups in total. The van der Waals surface area contributed by atoms with Gasteiger partial charge in [-0.25, -0.2) is 0 Å². The van der Waals surface area contributed by atoms with E-state index in [-0.39, 0.29) is 0 Å². The van der Waals surface area contributed by atoms with Crippen molar-refractivity contribution in [3.63, 3.8) is 0 Å². The van der Waals surface area contributed by atoms with Gasteiger partial charge in [0.1, 0.15) is 0 Å². The third-order valence-electron chi connectivity index (χ3n) is 3.59. The lowest BCUT2D eigenvalue weighted by atomic mass is 10.3. The normalized spacial score (nSPS) is 14.2. The number of nitrogens with zero attached hydrogens (tertiary/aromatic N) is 5. The van der Waals surface area contributed by atoms with Crippen molar-refractivity contribution < 1.29 is 0 Å². The fraction of sp³-hybridized carbons (Fsp3) is 0.250. The van der Waals surface area contributed by atoms with Gasteiger partial charge in [0.05, 0.1) is 0 Å². The minimum atomic E-state index is 0.529. The van der Waals surface area contributed by atoms with Gasteiger partial charge in [0.15, 0.2) is 11.0 Å². The number of thioether (sulfide) groups is 1. The number of aromatic nitrogens is 5. The number of hydrogen-bond acceptors (Lipinski definition) is 5. The second-order valence-corrected chi connectivity index (χ2v) is 6.24. The first-order chi connectivity index (χ1) is 10.9. The summed E-state index contributed by atoms with van der Waals surface area (Å²) in [4.78, 5) is 8.34. The Balaban J connectivity index is 1.62. The molecule has 22 heavy (non-hydrogen) atoms. The SMILES string of the molecule is c1cncc(CSc2nnc(-c3cccnc3)n2C2CC2)c1. The van der Waals surface area contributed by atoms with E-state index in [2.05, 4.69) is 30.8 Å². The second-order valence-electron chi connectivity index (χ2n) is 5.30. The zero-order valence-electron chi connectivity index (χ0n) is 12.0. The largest absolute Gasteiger partial charge is 0.299 e. The maximum Gasteiger partial charge on any atom is 0.192 e. The maximum absolute atomic E-state index is 4.40. The van der Waals surface area contributed by atoms with E-state index >= 15 is 0 Å². The Morgan fingerprint density at radius 1 is 1.05 bits per heavy atom. The highest BCUT2D eigenvalue weighted by Gasteiger charge is 2.30. The first-order valence-electron chi connectivity index (χ1n) is 7.29. The standard InChI is InChI=1S/C16H15N5S/c1-3-12(9-17-7-1)11-22-16-20-19-15(21(16)14-5-6-14)13-4-2-8-18-10-13/h1-4,7-10,14H,5-6,11H2. The minimum Gasteiger partial charge on any atom is -0.299 e. The van der Waals surface area contributed by atoms with Crippen molar-refractivity contribution in [3.8, 4) is 11.4 Å². The quantitative estimate of drug-likeness (QED) is 0.676. The van der Waals surface area contributed by atoms with Gasteiger partial charge in [0, 0.05) is 42.1 Å². The van der Waals surface area contributed by atoms with E-state index in [1.54, 1.807) is 24.2 Å². The van der Waals surface area contributed by atoms with Crippen LogP contribution < -0.4 is 0 Å². The molecule has 4 rings (SSSR count). The lowest BCUT2D eigenvalue weighted by molar-refractivity contribution is 0.669. The molecule has 0 spiro atoms. The molecule has 110 valence electrons. The van der Waals surface area contributed by atoms with Crippen LogP contribution in [0.3, 0.4) is 0 Å². The number of rotatable bonds is 5. The van der Waals surface area contributed by atoms with Gasteiger partial charge in [-0.15, -0.1) is 10.2 Å². The molecule has 1 aliphatic rings. The smallest absolute Gasteiger partial charge is 0.192 e. The van der Waals surface area contributed by atoms with Crippen LogP contribution in [0.5, 0.6) is 0 Å². The Bertz CT molecular complexity index is 753. The highest BCUT2D eigenvalue weighted by atomic mass is 32.2. The Labute approximate surface area is 132 Å². The van der Waals surface area contributed by atoms with Crippen molar-refractivity contribution in [3.05, 3.63) is 54.6 Å². The molecule has 0 bridgehead atoms. The predicted octanol–water partition coefficient (Wildman–Crippen LogP) is 3.36. The highest BCUT2D eigenvalue weighted by molar-refractivity contribution is 7.98. The molecule has 6 heteroatoms. The molecule has 0 amide bonds. The molecule has 0 aromatic carbocycles. The van der Waals surface area contributed by atoms with E-state index in [1.807, 2.05) is 30.6 Å². The van der Waals surface area contributed by atoms with Crippen LogP contribution in [-0.4, -0.2) is 24.7 Å². The van der Waals surface area contributed by atoms with Crippen molar-refractivity contribution >= 4 is 11.8 Å². The Morgan fingerprint density at radius 3 is 2.55 bits per heavy atom. The molecule has 1 fully saturated rings. The summed E-state index contributed by atoms with van der Waals surface area (Å²) in [5.41, 5.74) is 2.22. The predicted molar refractivity (Wildman–Crippen MR) is 85.3 cm³/mol. The Kier molecular flexibility index (Phi) is 3.60. The molecule has 0 radical (unpaired) electrons. The average Bonchev–Trinajstić information content (AvgIpc) is 3.34. The fourth-order valence-corrected chi connectivity index (χ4v) is 3.30. The van der Waals surface area contributed by atoms with Crippen LogP contribution in [0.1, 0.15) is 24.4 Å². The lowest BCUT2D eigenvalue weighted by Crippen LogP contribution is -2.00. The molecular formula is C16H15N5S. The molecule has 0 unspecified atom stereocenters. The molecule has 3 heterocycles. The van der Waals surface area contributed by atoms with Crippen LogP contribution in [0.4, 0.5) is 0 Å². The molecule has 1 saturated carbocycles. The summed E-state index contributed by atoms with van der Waals surface area (Å²) in [5.74, 6) is 1.77. The van der Waals surface area contributed by atoms with E-state index in [9.17, 15) is 0 Å². The van der Waals surface area contributed by atoms with Crippen molar-refractivity contribution in [2.45, 2.75) is 29.8 Å². The summed E-state index contributed by atoms with van der Waals surface area (Å²) in [5, 5.41) is 9.77. The van der Waals surface area contributed by atoms with Crippen LogP contribution in [0.2, 0.25) is 0 Å². The van der Waals surface area contributed by atoms with Gasteiger partial charge < -0.3 is 0 Å². The molecule has 5 nitrogen and oxygen atoms in total. The molecule has 0 aliphatic heterocycles. The summed E-state index contributed by atoms with van der Waals surface area (Å²) in [6, 6.07) is 8.54. The summed E-state index contributed by atoms with van der Waals surface area (Å²) in [6.07, 6.45) is 9.71. The number of pyridine rings is 2. The van der Waals surface area contributed by atoms with Crippen molar-refractivity contribution in [1.29, 1.82) is 0 Å². The molecule has 0 atom stereocenters. The third kappa shape index (κ3) is 2.74. The van der Waals surface area contributed by atoms with Crippen molar-refractivity contribution in [1.82, 2.24) is 24.7 Å². The molecule has 3 aromatic rings. The van der Waals surface area contributed by atoms with Crippen molar-refractivity contribution in [2.24, 2.45) is 0 Å². The van der Waals surface area contributed by atoms with Crippen molar-refractivity contribution in [2.75, 3.05) is 0 Å². The Hall–Kier alpha value is -2.21. The monoisotopic (exact) mass is 309 g/mol. The van der Waals surface area contributed by atoms with Gasteiger partial charge in [-0.3, -0.25) is 14.5 Å². The zero-order chi connectivity index (χ0) is 14.8. The van der Waals surface area contributed by atoms with Gasteiger partial charge in [0.2, 0.25) is 0 Å². The average molecular weight is 309 g/mol. The Morgan fingerprint density at radius 2 is 1.86 bits per heavy atom. The topological polar surface area (TPSA) is 56.5 Å². The van der Waals surface area contributed by atoms with E-state index < -0.39 is 0 Å². The minimum absolute atomic E-state index is 0.529. The zero-order valence-corrected chi connectivity index (χ0v) is 12.8. The van der Waals surface area contributed by atoms with Gasteiger partial charge in [-0.05, 0) is 36.6 Å². The summed E-state index contributed by atoms with van der Waals surface area (Å²) in [6.45, 7) is 0. The van der Waals surface area contributed by atoms with Crippen LogP contribution in [0, 0.1) is 0 Å². The van der Waals surface area contributed by atoms with Crippen LogP contribution >= 0.6 is 11.8 Å². The van der Waals surface area contributed by atoms with E-state index in [0.717, 1.165) is 22.3 Å². The van der Waals surface area contributed by atoms with E-state index in [4.69, 9.17) is 0 Å². The van der Waals surface area contributed by atoms with Gasteiger partial charge in [-0.1, -0.05) is 17.8 Å². The first kappa shape index (κ1) is 13.5. The lowest BCUT2D eigenvalue weighted by Gasteiger charge is -2.08. The number of hydrogen-bond donors (Lipinski definition) is 0. The maximum atomic E-state index is 4.40. The van der Waals surface area contributed by atoms with Crippen LogP contribution in [0.25, 0.3) is 11.4 Å². The molecule has 1 aliphatic carbocycles. The molecule has 3 aromatic heterocycles. The van der Waals surface area contributed by atoms with Crippen LogP contribution in [0.15, 0.2) is 54.2 Å². The third-order valence-corrected chi connectivity index (χ3v) is 4.60. The van der Waals surface area contributed by atoms with E-state index in [0.29, 0.717) is 6.04 Å². The van der Waals surface area contributed by atoms with E-state index in [1.165, 1.54) is 18.4 Å². The fourth-order valence-electron chi connectivity index (χ4n) is 2.36. The summed E-state index contributed by atoms with van der Waals surface area (Å²) < 4.78 is 2.26. The second kappa shape index (κ2) is 5.88. The van der Waals surface area contributed by atoms with Gasteiger partial charge in [-0.2, -0.15) is 0 Å². The molecule has 0 saturated heterocycles.